The van der Waals surface area contributed by atoms with E-state index in [1.165, 1.54) is 0 Å². The molecule has 1 aromatic carbocycles. The minimum atomic E-state index is -0.498. The molecule has 3 aliphatic heterocycles. The second-order valence-electron chi connectivity index (χ2n) is 10.5. The molecule has 182 valence electrons. The van der Waals surface area contributed by atoms with Crippen molar-refractivity contribution >= 4 is 23.5 Å². The summed E-state index contributed by atoms with van der Waals surface area (Å²) in [5, 5.41) is 0. The van der Waals surface area contributed by atoms with Crippen LogP contribution >= 0.6 is 0 Å². The second kappa shape index (κ2) is 8.93. The summed E-state index contributed by atoms with van der Waals surface area (Å²) in [4.78, 5) is 42.1. The van der Waals surface area contributed by atoms with Crippen molar-refractivity contribution in [2.75, 3.05) is 37.7 Å². The van der Waals surface area contributed by atoms with Gasteiger partial charge in [0.15, 0.2) is 0 Å². The van der Waals surface area contributed by atoms with Gasteiger partial charge in [-0.05, 0) is 37.9 Å². The van der Waals surface area contributed by atoms with Gasteiger partial charge in [-0.15, -0.1) is 0 Å². The number of benzene rings is 1. The van der Waals surface area contributed by atoms with Gasteiger partial charge in [0.1, 0.15) is 6.61 Å². The Bertz CT molecular complexity index is 1020. The predicted molar refractivity (Wildman–Crippen MR) is 127 cm³/mol. The number of hydrogen-bond acceptors (Lipinski definition) is 6. The van der Waals surface area contributed by atoms with Crippen LogP contribution in [-0.4, -0.2) is 61.6 Å². The SMILES string of the molecule is CCN1C[C@@]23CC=CCO[C@@H]2[C@@](COC(=O)c2ccccc2N2C(=O)C[C@H](C)C2=O)(CCC3)C1. The van der Waals surface area contributed by atoms with Gasteiger partial charge < -0.3 is 14.4 Å². The Balaban J connectivity index is 1.40. The van der Waals surface area contributed by atoms with Crippen molar-refractivity contribution in [1.82, 2.24) is 4.90 Å². The number of ether oxygens (including phenoxy) is 2. The number of anilines is 1. The number of likely N-dealkylation sites (tertiary alicyclic amines) is 1. The first kappa shape index (κ1) is 23.2. The van der Waals surface area contributed by atoms with E-state index in [0.29, 0.717) is 12.3 Å². The van der Waals surface area contributed by atoms with Gasteiger partial charge in [-0.3, -0.25) is 9.59 Å². The maximum Gasteiger partial charge on any atom is 0.340 e. The zero-order valence-corrected chi connectivity index (χ0v) is 20.1. The molecule has 2 bridgehead atoms. The molecule has 0 N–H and O–H groups in total. The van der Waals surface area contributed by atoms with E-state index in [2.05, 4.69) is 24.0 Å². The van der Waals surface area contributed by atoms with E-state index in [0.717, 1.165) is 50.2 Å². The lowest BCUT2D eigenvalue weighted by atomic mass is 9.56. The van der Waals surface area contributed by atoms with Crippen LogP contribution in [0.3, 0.4) is 0 Å². The van der Waals surface area contributed by atoms with Crippen LogP contribution in [0.15, 0.2) is 36.4 Å². The molecular formula is C27H34N2O5. The molecule has 5 rings (SSSR count). The highest BCUT2D eigenvalue weighted by molar-refractivity contribution is 6.22. The Morgan fingerprint density at radius 2 is 2.00 bits per heavy atom. The molecule has 4 aliphatic rings. The van der Waals surface area contributed by atoms with Gasteiger partial charge in [0.2, 0.25) is 11.8 Å². The van der Waals surface area contributed by atoms with Gasteiger partial charge in [0.05, 0.1) is 24.0 Å². The van der Waals surface area contributed by atoms with E-state index in [9.17, 15) is 14.4 Å². The van der Waals surface area contributed by atoms with E-state index in [4.69, 9.17) is 9.47 Å². The van der Waals surface area contributed by atoms with Crippen LogP contribution in [0.4, 0.5) is 5.69 Å². The Labute approximate surface area is 201 Å². The lowest BCUT2D eigenvalue weighted by Crippen LogP contribution is -2.66. The Morgan fingerprint density at radius 1 is 1.18 bits per heavy atom. The third-order valence-electron chi connectivity index (χ3n) is 8.26. The molecule has 1 aromatic rings. The van der Waals surface area contributed by atoms with Crippen molar-refractivity contribution in [1.29, 1.82) is 0 Å². The molecule has 4 atom stereocenters. The number of carbonyl (C=O) groups excluding carboxylic acids is 3. The van der Waals surface area contributed by atoms with Crippen molar-refractivity contribution in [3.05, 3.63) is 42.0 Å². The number of nitrogens with zero attached hydrogens (tertiary/aromatic N) is 2. The summed E-state index contributed by atoms with van der Waals surface area (Å²) in [5.41, 5.74) is 0.352. The quantitative estimate of drug-likeness (QED) is 0.375. The molecule has 0 spiro atoms. The van der Waals surface area contributed by atoms with E-state index in [-0.39, 0.29) is 53.3 Å². The maximum atomic E-state index is 13.4. The average molecular weight is 467 g/mol. The van der Waals surface area contributed by atoms with Crippen molar-refractivity contribution in [2.45, 2.75) is 52.1 Å². The third kappa shape index (κ3) is 3.79. The molecule has 2 saturated heterocycles. The highest BCUT2D eigenvalue weighted by Gasteiger charge is 2.59. The topological polar surface area (TPSA) is 76.2 Å². The van der Waals surface area contributed by atoms with E-state index in [1.54, 1.807) is 31.2 Å². The molecule has 0 radical (unpaired) electrons. The molecule has 0 aromatic heterocycles. The zero-order chi connectivity index (χ0) is 23.9. The van der Waals surface area contributed by atoms with Crippen LogP contribution in [0.25, 0.3) is 0 Å². The summed E-state index contributed by atoms with van der Waals surface area (Å²) >= 11 is 0. The second-order valence-corrected chi connectivity index (χ2v) is 10.5. The lowest BCUT2D eigenvalue weighted by Gasteiger charge is -2.60. The summed E-state index contributed by atoms with van der Waals surface area (Å²) in [6, 6.07) is 6.75. The van der Waals surface area contributed by atoms with Gasteiger partial charge in [-0.25, -0.2) is 9.69 Å². The van der Waals surface area contributed by atoms with Crippen molar-refractivity contribution < 1.29 is 23.9 Å². The average Bonchev–Trinajstić information content (AvgIpc) is 2.97. The van der Waals surface area contributed by atoms with E-state index >= 15 is 0 Å². The van der Waals surface area contributed by atoms with Crippen LogP contribution < -0.4 is 4.90 Å². The van der Waals surface area contributed by atoms with Crippen LogP contribution in [0, 0.1) is 16.7 Å². The van der Waals surface area contributed by atoms with E-state index in [1.807, 2.05) is 0 Å². The smallest absolute Gasteiger partial charge is 0.340 e. The van der Waals surface area contributed by atoms with Crippen LogP contribution in [-0.2, 0) is 19.1 Å². The molecular weight excluding hydrogens is 432 g/mol. The third-order valence-corrected chi connectivity index (χ3v) is 8.26. The number of carbonyl (C=O) groups is 3. The number of amides is 2. The number of allylic oxidation sites excluding steroid dienone is 1. The van der Waals surface area contributed by atoms with Gasteiger partial charge in [0.25, 0.3) is 0 Å². The maximum absolute atomic E-state index is 13.4. The summed E-state index contributed by atoms with van der Waals surface area (Å²) < 4.78 is 12.4. The van der Waals surface area contributed by atoms with Crippen molar-refractivity contribution in [3.8, 4) is 0 Å². The molecule has 3 fully saturated rings. The van der Waals surface area contributed by atoms with Crippen LogP contribution in [0.5, 0.6) is 0 Å². The largest absolute Gasteiger partial charge is 0.461 e. The fourth-order valence-electron chi connectivity index (χ4n) is 6.72. The number of piperidine rings is 1. The molecule has 7 nitrogen and oxygen atoms in total. The fourth-order valence-corrected chi connectivity index (χ4v) is 6.72. The summed E-state index contributed by atoms with van der Waals surface area (Å²) in [5.74, 6) is -1.43. The first-order valence-electron chi connectivity index (χ1n) is 12.5. The molecule has 2 amide bonds. The minimum Gasteiger partial charge on any atom is -0.461 e. The molecule has 1 aliphatic carbocycles. The Morgan fingerprint density at radius 3 is 2.76 bits per heavy atom. The number of hydrogen-bond donors (Lipinski definition) is 0. The summed E-state index contributed by atoms with van der Waals surface area (Å²) in [7, 11) is 0. The highest BCUT2D eigenvalue weighted by Crippen LogP contribution is 2.55. The first-order valence-corrected chi connectivity index (χ1v) is 12.5. The number of imide groups is 1. The van der Waals surface area contributed by atoms with Crippen LogP contribution in [0.1, 0.15) is 56.3 Å². The molecule has 0 unspecified atom stereocenters. The molecule has 1 saturated carbocycles. The molecule has 34 heavy (non-hydrogen) atoms. The van der Waals surface area contributed by atoms with Crippen LogP contribution in [0.2, 0.25) is 0 Å². The molecule has 7 heteroatoms. The van der Waals surface area contributed by atoms with Gasteiger partial charge in [-0.1, -0.05) is 44.6 Å². The highest BCUT2D eigenvalue weighted by atomic mass is 16.5. The Hall–Kier alpha value is -2.51. The lowest BCUT2D eigenvalue weighted by molar-refractivity contribution is -0.197. The monoisotopic (exact) mass is 466 g/mol. The summed E-state index contributed by atoms with van der Waals surface area (Å²) in [6.45, 7) is 7.57. The zero-order valence-electron chi connectivity index (χ0n) is 20.1. The normalized spacial score (nSPS) is 33.5. The van der Waals surface area contributed by atoms with Crippen molar-refractivity contribution in [2.24, 2.45) is 16.7 Å². The summed E-state index contributed by atoms with van der Waals surface area (Å²) in [6.07, 6.45) is 8.71. The van der Waals surface area contributed by atoms with Gasteiger partial charge >= 0.3 is 5.97 Å². The van der Waals surface area contributed by atoms with Gasteiger partial charge in [0, 0.05) is 36.3 Å². The van der Waals surface area contributed by atoms with Crippen molar-refractivity contribution in [3.63, 3.8) is 0 Å². The number of esters is 1. The van der Waals surface area contributed by atoms with E-state index < -0.39 is 5.97 Å². The standard InChI is InChI=1S/C27H34N2O5/c1-3-28-16-26-11-6-7-14-33-25(26)27(17-28,13-8-12-26)18-34-24(32)20-9-4-5-10-21(20)29-22(30)15-19(2)23(29)31/h4-7,9-10,19,25H,3,8,11-18H2,1-2H3/t19-,25-,26-,27-/m0/s1. The molecule has 3 heterocycles. The fraction of sp³-hybridized carbons (Fsp3) is 0.593. The Kier molecular flexibility index (Phi) is 6.10. The first-order chi connectivity index (χ1) is 16.4. The number of para-hydroxylation sites is 1. The minimum absolute atomic E-state index is 0.0391. The number of rotatable bonds is 5. The van der Waals surface area contributed by atoms with Gasteiger partial charge in [-0.2, -0.15) is 0 Å². The predicted octanol–water partition coefficient (Wildman–Crippen LogP) is 3.58.